The number of rotatable bonds is 6. The molecule has 0 atom stereocenters. The summed E-state index contributed by atoms with van der Waals surface area (Å²) >= 11 is 1.40. The molecule has 0 aliphatic rings. The lowest BCUT2D eigenvalue weighted by Gasteiger charge is -1.98. The molecule has 0 saturated carbocycles. The first-order valence-electron chi connectivity index (χ1n) is 7.79. The highest BCUT2D eigenvalue weighted by atomic mass is 32.1. The Morgan fingerprint density at radius 2 is 2.04 bits per heavy atom. The van der Waals surface area contributed by atoms with E-state index in [1.807, 2.05) is 37.3 Å². The zero-order valence-corrected chi connectivity index (χ0v) is 14.4. The highest BCUT2D eigenvalue weighted by Gasteiger charge is 2.16. The topological polar surface area (TPSA) is 80.9 Å². The predicted octanol–water partition coefficient (Wildman–Crippen LogP) is 3.64. The van der Waals surface area contributed by atoms with Crippen LogP contribution in [0.5, 0.6) is 0 Å². The third kappa shape index (κ3) is 3.86. The van der Waals surface area contributed by atoms with Crippen molar-refractivity contribution in [3.8, 4) is 11.5 Å². The minimum atomic E-state index is -0.176. The first kappa shape index (κ1) is 16.3. The number of aromatic nitrogens is 3. The number of oxazole rings is 1. The summed E-state index contributed by atoms with van der Waals surface area (Å²) in [5.74, 6) is 0.996. The molecule has 124 valence electrons. The van der Waals surface area contributed by atoms with Crippen molar-refractivity contribution >= 4 is 22.4 Å². The third-order valence-electron chi connectivity index (χ3n) is 3.42. The molecule has 1 amide bonds. The summed E-state index contributed by atoms with van der Waals surface area (Å²) in [4.78, 5) is 16.6. The Bertz CT molecular complexity index is 826. The van der Waals surface area contributed by atoms with Gasteiger partial charge in [0, 0.05) is 12.0 Å². The second-order valence-electron chi connectivity index (χ2n) is 5.36. The monoisotopic (exact) mass is 342 g/mol. The molecule has 2 aromatic heterocycles. The van der Waals surface area contributed by atoms with Crippen LogP contribution in [0.4, 0.5) is 5.13 Å². The van der Waals surface area contributed by atoms with Crippen molar-refractivity contribution in [2.45, 2.75) is 33.1 Å². The fourth-order valence-corrected chi connectivity index (χ4v) is 3.09. The molecule has 0 aliphatic carbocycles. The molecule has 7 heteroatoms. The van der Waals surface area contributed by atoms with E-state index >= 15 is 0 Å². The molecular weight excluding hydrogens is 324 g/mol. The first-order valence-corrected chi connectivity index (χ1v) is 8.61. The third-order valence-corrected chi connectivity index (χ3v) is 4.32. The van der Waals surface area contributed by atoms with Gasteiger partial charge in [0.1, 0.15) is 10.8 Å². The van der Waals surface area contributed by atoms with Crippen LogP contribution >= 0.6 is 11.3 Å². The smallest absolute Gasteiger partial charge is 0.232 e. The fourth-order valence-electron chi connectivity index (χ4n) is 2.23. The number of anilines is 1. The van der Waals surface area contributed by atoms with Crippen molar-refractivity contribution < 1.29 is 9.21 Å². The second-order valence-corrected chi connectivity index (χ2v) is 6.43. The Kier molecular flexibility index (Phi) is 5.00. The number of hydrogen-bond acceptors (Lipinski definition) is 6. The van der Waals surface area contributed by atoms with Gasteiger partial charge in [-0.3, -0.25) is 4.79 Å². The summed E-state index contributed by atoms with van der Waals surface area (Å²) in [6.45, 7) is 3.89. The van der Waals surface area contributed by atoms with Gasteiger partial charge in [-0.1, -0.05) is 36.5 Å². The summed E-state index contributed by atoms with van der Waals surface area (Å²) < 4.78 is 5.67. The van der Waals surface area contributed by atoms with E-state index in [0.29, 0.717) is 22.5 Å². The van der Waals surface area contributed by atoms with Crippen molar-refractivity contribution in [3.63, 3.8) is 0 Å². The minimum Gasteiger partial charge on any atom is -0.441 e. The van der Waals surface area contributed by atoms with E-state index < -0.39 is 0 Å². The lowest BCUT2D eigenvalue weighted by atomic mass is 10.2. The maximum absolute atomic E-state index is 12.2. The lowest BCUT2D eigenvalue weighted by Crippen LogP contribution is -2.15. The van der Waals surface area contributed by atoms with E-state index in [4.69, 9.17) is 4.42 Å². The standard InChI is InChI=1S/C17H18N4O2S/c1-3-7-15-20-21-17(24-15)19-14(22)10-13-11(2)23-16(18-13)12-8-5-4-6-9-12/h4-6,8-9H,3,7,10H2,1-2H3,(H,19,21,22). The van der Waals surface area contributed by atoms with Crippen LogP contribution in [-0.4, -0.2) is 21.1 Å². The number of benzene rings is 1. The van der Waals surface area contributed by atoms with Gasteiger partial charge in [0.15, 0.2) is 0 Å². The summed E-state index contributed by atoms with van der Waals surface area (Å²) in [6, 6.07) is 9.62. The molecule has 0 aliphatic heterocycles. The van der Waals surface area contributed by atoms with Crippen molar-refractivity contribution in [1.29, 1.82) is 0 Å². The highest BCUT2D eigenvalue weighted by Crippen LogP contribution is 2.22. The predicted molar refractivity (Wildman–Crippen MR) is 92.9 cm³/mol. The Balaban J connectivity index is 1.67. The maximum atomic E-state index is 12.2. The van der Waals surface area contributed by atoms with Crippen molar-refractivity contribution in [3.05, 3.63) is 46.8 Å². The zero-order chi connectivity index (χ0) is 16.9. The molecule has 0 fully saturated rings. The van der Waals surface area contributed by atoms with E-state index in [1.54, 1.807) is 0 Å². The number of aryl methyl sites for hydroxylation is 2. The first-order chi connectivity index (χ1) is 11.7. The Morgan fingerprint density at radius 3 is 2.79 bits per heavy atom. The molecule has 0 bridgehead atoms. The molecule has 0 saturated heterocycles. The number of nitrogens with zero attached hydrogens (tertiary/aromatic N) is 3. The Labute approximate surface area is 144 Å². The molecular formula is C17H18N4O2S. The summed E-state index contributed by atoms with van der Waals surface area (Å²) in [5.41, 5.74) is 1.52. The van der Waals surface area contributed by atoms with Crippen LogP contribution in [0, 0.1) is 6.92 Å². The van der Waals surface area contributed by atoms with Crippen LogP contribution < -0.4 is 5.32 Å². The SMILES string of the molecule is CCCc1nnc(NC(=O)Cc2nc(-c3ccccc3)oc2C)s1. The maximum Gasteiger partial charge on any atom is 0.232 e. The van der Waals surface area contributed by atoms with Crippen molar-refractivity contribution in [2.24, 2.45) is 0 Å². The highest BCUT2D eigenvalue weighted by molar-refractivity contribution is 7.15. The van der Waals surface area contributed by atoms with Crippen molar-refractivity contribution in [2.75, 3.05) is 5.32 Å². The summed E-state index contributed by atoms with van der Waals surface area (Å²) in [5, 5.41) is 12.2. The molecule has 3 rings (SSSR count). The van der Waals surface area contributed by atoms with Gasteiger partial charge in [-0.15, -0.1) is 10.2 Å². The average molecular weight is 342 g/mol. The van der Waals surface area contributed by atoms with Crippen molar-refractivity contribution in [1.82, 2.24) is 15.2 Å². The van der Waals surface area contributed by atoms with Crippen LogP contribution in [0.1, 0.15) is 29.8 Å². The molecule has 24 heavy (non-hydrogen) atoms. The van der Waals surface area contributed by atoms with Gasteiger partial charge in [-0.2, -0.15) is 0 Å². The normalized spacial score (nSPS) is 10.8. The number of hydrogen-bond donors (Lipinski definition) is 1. The van der Waals surface area contributed by atoms with E-state index in [-0.39, 0.29) is 12.3 Å². The fraction of sp³-hybridized carbons (Fsp3) is 0.294. The van der Waals surface area contributed by atoms with Gasteiger partial charge in [-0.05, 0) is 25.5 Å². The number of nitrogens with one attached hydrogen (secondary N) is 1. The van der Waals surface area contributed by atoms with E-state index in [2.05, 4.69) is 27.4 Å². The zero-order valence-electron chi connectivity index (χ0n) is 13.6. The largest absolute Gasteiger partial charge is 0.441 e. The summed E-state index contributed by atoms with van der Waals surface area (Å²) in [6.07, 6.45) is 2.02. The van der Waals surface area contributed by atoms with Crippen LogP contribution in [0.25, 0.3) is 11.5 Å². The van der Waals surface area contributed by atoms with Gasteiger partial charge >= 0.3 is 0 Å². The van der Waals surface area contributed by atoms with E-state index in [1.165, 1.54) is 11.3 Å². The van der Waals surface area contributed by atoms with E-state index in [9.17, 15) is 4.79 Å². The van der Waals surface area contributed by atoms with Gasteiger partial charge in [0.25, 0.3) is 0 Å². The van der Waals surface area contributed by atoms with Gasteiger partial charge in [-0.25, -0.2) is 4.98 Å². The minimum absolute atomic E-state index is 0.144. The second kappa shape index (κ2) is 7.35. The van der Waals surface area contributed by atoms with E-state index in [0.717, 1.165) is 23.4 Å². The Morgan fingerprint density at radius 1 is 1.25 bits per heavy atom. The molecule has 0 radical (unpaired) electrons. The summed E-state index contributed by atoms with van der Waals surface area (Å²) in [7, 11) is 0. The molecule has 3 aromatic rings. The van der Waals surface area contributed by atoms with Crippen LogP contribution in [0.3, 0.4) is 0 Å². The molecule has 1 N–H and O–H groups in total. The molecule has 2 heterocycles. The number of carbonyl (C=O) groups excluding carboxylic acids is 1. The Hall–Kier alpha value is -2.54. The molecule has 0 unspecified atom stereocenters. The van der Waals surface area contributed by atoms with Gasteiger partial charge < -0.3 is 9.73 Å². The number of amides is 1. The molecule has 6 nitrogen and oxygen atoms in total. The lowest BCUT2D eigenvalue weighted by molar-refractivity contribution is -0.115. The average Bonchev–Trinajstić information content (AvgIpc) is 3.16. The van der Waals surface area contributed by atoms with Crippen LogP contribution in [0.15, 0.2) is 34.7 Å². The number of carbonyl (C=O) groups is 1. The molecule has 1 aromatic carbocycles. The van der Waals surface area contributed by atoms with Crippen LogP contribution in [0.2, 0.25) is 0 Å². The quantitative estimate of drug-likeness (QED) is 0.740. The van der Waals surface area contributed by atoms with Gasteiger partial charge in [0.2, 0.25) is 16.9 Å². The van der Waals surface area contributed by atoms with Gasteiger partial charge in [0.05, 0.1) is 12.1 Å². The molecule has 0 spiro atoms. The van der Waals surface area contributed by atoms with Crippen LogP contribution in [-0.2, 0) is 17.6 Å².